The molecule has 3 nitrogen and oxygen atoms in total. The van der Waals surface area contributed by atoms with Crippen LogP contribution in [-0.2, 0) is 4.74 Å². The number of esters is 1. The van der Waals surface area contributed by atoms with Crippen LogP contribution < -0.4 is 0 Å². The average molecular weight is 188 g/mol. The molecule has 0 atom stereocenters. The Hall–Kier alpha value is -1.65. The molecule has 1 rings (SSSR count). The number of carbonyl (C=O) groups is 1. The van der Waals surface area contributed by atoms with Gasteiger partial charge >= 0.3 is 5.97 Å². The predicted molar refractivity (Wildman–Crippen MR) is 39.4 cm³/mol. The Morgan fingerprint density at radius 1 is 1.46 bits per heavy atom. The lowest BCUT2D eigenvalue weighted by Crippen LogP contribution is -2.03. The van der Waals surface area contributed by atoms with E-state index < -0.39 is 28.9 Å². The first-order chi connectivity index (χ1) is 6.06. The molecular weight excluding hydrogens is 182 g/mol. The van der Waals surface area contributed by atoms with E-state index in [1.54, 1.807) is 0 Å². The van der Waals surface area contributed by atoms with E-state index in [0.29, 0.717) is 12.1 Å². The van der Waals surface area contributed by atoms with Gasteiger partial charge < -0.3 is 9.84 Å². The van der Waals surface area contributed by atoms with Crippen LogP contribution in [0.2, 0.25) is 0 Å². The van der Waals surface area contributed by atoms with Gasteiger partial charge in [-0.3, -0.25) is 0 Å². The Morgan fingerprint density at radius 2 is 2.08 bits per heavy atom. The number of aromatic hydroxyl groups is 1. The Bertz CT molecular complexity index is 349. The number of phenolic OH excluding ortho intramolecular Hbond substituents is 1. The molecule has 0 aliphatic heterocycles. The summed E-state index contributed by atoms with van der Waals surface area (Å²) in [4.78, 5) is 10.8. The smallest absolute Gasteiger partial charge is 0.341 e. The molecule has 0 saturated carbocycles. The molecule has 70 valence electrons. The predicted octanol–water partition coefficient (Wildman–Crippen LogP) is 1.46. The van der Waals surface area contributed by atoms with Crippen molar-refractivity contribution >= 4 is 5.97 Å². The summed E-state index contributed by atoms with van der Waals surface area (Å²) in [5, 5.41) is 8.98. The molecule has 0 bridgehead atoms. The number of methoxy groups -OCH3 is 1. The fraction of sp³-hybridized carbons (Fsp3) is 0.125. The molecule has 0 saturated heterocycles. The van der Waals surface area contributed by atoms with Gasteiger partial charge in [0.25, 0.3) is 0 Å². The summed E-state index contributed by atoms with van der Waals surface area (Å²) in [6.07, 6.45) is 0. The monoisotopic (exact) mass is 188 g/mol. The molecule has 0 radical (unpaired) electrons. The van der Waals surface area contributed by atoms with Gasteiger partial charge in [0.15, 0.2) is 11.6 Å². The highest BCUT2D eigenvalue weighted by Crippen LogP contribution is 2.22. The molecule has 13 heavy (non-hydrogen) atoms. The van der Waals surface area contributed by atoms with Crippen molar-refractivity contribution in [3.63, 3.8) is 0 Å². The molecule has 0 heterocycles. The summed E-state index contributed by atoms with van der Waals surface area (Å²) in [6.45, 7) is 0. The van der Waals surface area contributed by atoms with Crippen LogP contribution in [0.5, 0.6) is 5.75 Å². The molecule has 0 aliphatic carbocycles. The maximum Gasteiger partial charge on any atom is 0.341 e. The summed E-state index contributed by atoms with van der Waals surface area (Å²) < 4.78 is 29.4. The van der Waals surface area contributed by atoms with Crippen LogP contribution in [0.15, 0.2) is 12.1 Å². The Morgan fingerprint density at radius 3 is 2.62 bits per heavy atom. The van der Waals surface area contributed by atoms with Crippen molar-refractivity contribution in [2.75, 3.05) is 7.11 Å². The standard InChI is InChI=1S/C8H6F2O3/c1-13-8(12)5-2-4(9)3-6(10)7(5)11/h2-3,11H,1H3. The molecule has 1 N–H and O–H groups in total. The minimum Gasteiger partial charge on any atom is -0.504 e. The second-order valence-corrected chi connectivity index (χ2v) is 2.28. The van der Waals surface area contributed by atoms with E-state index in [0.717, 1.165) is 7.11 Å². The summed E-state index contributed by atoms with van der Waals surface area (Å²) >= 11 is 0. The first-order valence-electron chi connectivity index (χ1n) is 3.32. The summed E-state index contributed by atoms with van der Waals surface area (Å²) in [6, 6.07) is 1.17. The largest absolute Gasteiger partial charge is 0.504 e. The number of halogens is 2. The van der Waals surface area contributed by atoms with Gasteiger partial charge in [0.1, 0.15) is 11.4 Å². The van der Waals surface area contributed by atoms with Crippen molar-refractivity contribution in [3.05, 3.63) is 29.3 Å². The Balaban J connectivity index is 3.28. The van der Waals surface area contributed by atoms with Crippen LogP contribution in [0.1, 0.15) is 10.4 Å². The molecule has 0 unspecified atom stereocenters. The minimum atomic E-state index is -1.19. The third-order valence-corrected chi connectivity index (χ3v) is 1.43. The van der Waals surface area contributed by atoms with E-state index in [9.17, 15) is 13.6 Å². The van der Waals surface area contributed by atoms with Gasteiger partial charge in [-0.25, -0.2) is 13.6 Å². The summed E-state index contributed by atoms with van der Waals surface area (Å²) in [5.41, 5.74) is -0.528. The lowest BCUT2D eigenvalue weighted by Gasteiger charge is -2.02. The molecule has 1 aromatic carbocycles. The van der Waals surface area contributed by atoms with E-state index in [1.807, 2.05) is 0 Å². The number of rotatable bonds is 1. The van der Waals surface area contributed by atoms with E-state index in [2.05, 4.69) is 4.74 Å². The second-order valence-electron chi connectivity index (χ2n) is 2.28. The topological polar surface area (TPSA) is 46.5 Å². The zero-order chi connectivity index (χ0) is 10.0. The van der Waals surface area contributed by atoms with Crippen molar-refractivity contribution < 1.29 is 23.4 Å². The van der Waals surface area contributed by atoms with Gasteiger partial charge in [0, 0.05) is 6.07 Å². The van der Waals surface area contributed by atoms with Crippen LogP contribution in [0.25, 0.3) is 0 Å². The number of ether oxygens (including phenoxy) is 1. The van der Waals surface area contributed by atoms with Gasteiger partial charge in [-0.15, -0.1) is 0 Å². The highest BCUT2D eigenvalue weighted by Gasteiger charge is 2.16. The van der Waals surface area contributed by atoms with E-state index in [1.165, 1.54) is 0 Å². The quantitative estimate of drug-likeness (QED) is 0.678. The number of hydrogen-bond acceptors (Lipinski definition) is 3. The number of hydrogen-bond donors (Lipinski definition) is 1. The maximum atomic E-state index is 12.6. The molecule has 5 heteroatoms. The van der Waals surface area contributed by atoms with Crippen LogP contribution in [0, 0.1) is 11.6 Å². The van der Waals surface area contributed by atoms with E-state index in [4.69, 9.17) is 5.11 Å². The third-order valence-electron chi connectivity index (χ3n) is 1.43. The summed E-state index contributed by atoms with van der Waals surface area (Å²) in [7, 11) is 1.05. The first kappa shape index (κ1) is 9.44. The van der Waals surface area contributed by atoms with Gasteiger partial charge in [0.2, 0.25) is 0 Å². The molecule has 0 spiro atoms. The van der Waals surface area contributed by atoms with Crippen molar-refractivity contribution in [2.24, 2.45) is 0 Å². The summed E-state index contributed by atoms with van der Waals surface area (Å²) in [5.74, 6) is -4.04. The normalized spacial score (nSPS) is 9.77. The Labute approximate surface area is 72.6 Å². The SMILES string of the molecule is COC(=O)c1cc(F)cc(F)c1O. The zero-order valence-electron chi connectivity index (χ0n) is 6.67. The molecular formula is C8H6F2O3. The molecule has 0 aromatic heterocycles. The number of carbonyl (C=O) groups excluding carboxylic acids is 1. The minimum absolute atomic E-state index is 0.474. The van der Waals surface area contributed by atoms with Crippen molar-refractivity contribution in [3.8, 4) is 5.75 Å². The fourth-order valence-corrected chi connectivity index (χ4v) is 0.832. The second kappa shape index (κ2) is 3.38. The first-order valence-corrected chi connectivity index (χ1v) is 3.32. The lowest BCUT2D eigenvalue weighted by atomic mass is 10.2. The zero-order valence-corrected chi connectivity index (χ0v) is 6.67. The maximum absolute atomic E-state index is 12.6. The number of benzene rings is 1. The molecule has 0 aliphatic rings. The van der Waals surface area contributed by atoms with Crippen LogP contribution in [0.4, 0.5) is 8.78 Å². The third kappa shape index (κ3) is 1.74. The van der Waals surface area contributed by atoms with E-state index in [-0.39, 0.29) is 0 Å². The van der Waals surface area contributed by atoms with Crippen LogP contribution >= 0.6 is 0 Å². The van der Waals surface area contributed by atoms with Crippen molar-refractivity contribution in [2.45, 2.75) is 0 Å². The lowest BCUT2D eigenvalue weighted by molar-refractivity contribution is 0.0596. The average Bonchev–Trinajstić information content (AvgIpc) is 2.10. The highest BCUT2D eigenvalue weighted by molar-refractivity contribution is 5.92. The van der Waals surface area contributed by atoms with E-state index >= 15 is 0 Å². The molecule has 0 fully saturated rings. The van der Waals surface area contributed by atoms with Crippen molar-refractivity contribution in [1.29, 1.82) is 0 Å². The van der Waals surface area contributed by atoms with Crippen LogP contribution in [0.3, 0.4) is 0 Å². The van der Waals surface area contributed by atoms with Gasteiger partial charge in [-0.2, -0.15) is 0 Å². The van der Waals surface area contributed by atoms with Gasteiger partial charge in [-0.05, 0) is 6.07 Å². The van der Waals surface area contributed by atoms with Crippen molar-refractivity contribution in [1.82, 2.24) is 0 Å². The van der Waals surface area contributed by atoms with Gasteiger partial charge in [0.05, 0.1) is 7.11 Å². The molecule has 1 aromatic rings. The Kier molecular flexibility index (Phi) is 2.46. The van der Waals surface area contributed by atoms with Crippen LogP contribution in [-0.4, -0.2) is 18.2 Å². The number of phenols is 1. The van der Waals surface area contributed by atoms with Gasteiger partial charge in [-0.1, -0.05) is 0 Å². The molecule has 0 amide bonds. The fourth-order valence-electron chi connectivity index (χ4n) is 0.832. The highest BCUT2D eigenvalue weighted by atomic mass is 19.1.